The molecule has 0 unspecified atom stereocenters. The van der Waals surface area contributed by atoms with E-state index in [2.05, 4.69) is 21.8 Å². The fraction of sp³-hybridized carbons (Fsp3) is 0.524. The first-order valence-electron chi connectivity index (χ1n) is 9.82. The number of aromatic nitrogens is 2. The minimum atomic E-state index is -0.0535. The van der Waals surface area contributed by atoms with E-state index in [0.717, 1.165) is 30.6 Å². The van der Waals surface area contributed by atoms with Crippen molar-refractivity contribution in [1.82, 2.24) is 14.5 Å². The number of nitrogens with zero attached hydrogens (tertiary/aromatic N) is 3. The summed E-state index contributed by atoms with van der Waals surface area (Å²) in [6, 6.07) is 8.01. The molecule has 1 saturated carbocycles. The monoisotopic (exact) mass is 369 g/mol. The van der Waals surface area contributed by atoms with Crippen molar-refractivity contribution >= 4 is 5.91 Å². The second-order valence-electron chi connectivity index (χ2n) is 7.43. The number of rotatable bonds is 6. The van der Waals surface area contributed by atoms with Crippen LogP contribution in [0.1, 0.15) is 36.9 Å². The first kappa shape index (κ1) is 18.2. The van der Waals surface area contributed by atoms with Gasteiger partial charge in [0.25, 0.3) is 0 Å². The van der Waals surface area contributed by atoms with Gasteiger partial charge in [-0.1, -0.05) is 12.8 Å². The van der Waals surface area contributed by atoms with Gasteiger partial charge in [-0.2, -0.15) is 0 Å². The number of fused-ring (bicyclic) bond motifs is 1. The van der Waals surface area contributed by atoms with E-state index in [0.29, 0.717) is 19.7 Å². The van der Waals surface area contributed by atoms with Crippen molar-refractivity contribution < 1.29 is 14.3 Å². The van der Waals surface area contributed by atoms with Crippen molar-refractivity contribution in [3.8, 4) is 0 Å². The molecule has 2 aromatic rings. The van der Waals surface area contributed by atoms with Gasteiger partial charge in [-0.15, -0.1) is 0 Å². The number of amides is 1. The van der Waals surface area contributed by atoms with Gasteiger partial charge in [-0.3, -0.25) is 9.78 Å². The van der Waals surface area contributed by atoms with Crippen LogP contribution in [0.25, 0.3) is 0 Å². The van der Waals surface area contributed by atoms with Crippen LogP contribution in [0, 0.1) is 0 Å². The van der Waals surface area contributed by atoms with E-state index in [9.17, 15) is 4.79 Å². The van der Waals surface area contributed by atoms with Gasteiger partial charge in [0.15, 0.2) is 0 Å². The first-order valence-corrected chi connectivity index (χ1v) is 9.82. The highest BCUT2D eigenvalue weighted by Gasteiger charge is 2.26. The summed E-state index contributed by atoms with van der Waals surface area (Å²) in [5, 5.41) is 0. The van der Waals surface area contributed by atoms with E-state index < -0.39 is 0 Å². The highest BCUT2D eigenvalue weighted by Crippen LogP contribution is 2.21. The molecule has 0 N–H and O–H groups in total. The summed E-state index contributed by atoms with van der Waals surface area (Å²) in [5.74, 6) is 0.0501. The average molecular weight is 369 g/mol. The molecule has 4 rings (SSSR count). The molecule has 144 valence electrons. The molecule has 6 heteroatoms. The highest BCUT2D eigenvalue weighted by molar-refractivity contribution is 5.77. The van der Waals surface area contributed by atoms with E-state index in [-0.39, 0.29) is 24.7 Å². The standard InChI is InChI=1S/C21H27N3O3/c25-21(16-27-19-5-1-2-6-19)24-12-18-4-3-11-23(18)13-20(14-24)26-15-17-7-9-22-10-8-17/h3-4,7-11,19-20H,1-2,5-6,12-16H2/t20-/m1/s1. The summed E-state index contributed by atoms with van der Waals surface area (Å²) in [4.78, 5) is 18.7. The van der Waals surface area contributed by atoms with Gasteiger partial charge in [0, 0.05) is 30.8 Å². The lowest BCUT2D eigenvalue weighted by Crippen LogP contribution is -2.39. The molecule has 1 aliphatic heterocycles. The first-order chi connectivity index (χ1) is 13.3. The smallest absolute Gasteiger partial charge is 0.249 e. The lowest BCUT2D eigenvalue weighted by atomic mass is 10.2. The van der Waals surface area contributed by atoms with Crippen molar-refractivity contribution in [3.05, 3.63) is 54.1 Å². The van der Waals surface area contributed by atoms with Gasteiger partial charge >= 0.3 is 0 Å². The Kier molecular flexibility index (Phi) is 5.84. The maximum atomic E-state index is 12.8. The molecule has 1 aliphatic carbocycles. The normalized spacial score (nSPS) is 20.4. The lowest BCUT2D eigenvalue weighted by Gasteiger charge is -2.25. The molecule has 0 spiro atoms. The summed E-state index contributed by atoms with van der Waals surface area (Å²) in [6.07, 6.45) is 10.4. The molecule has 2 aromatic heterocycles. The third-order valence-electron chi connectivity index (χ3n) is 5.43. The second kappa shape index (κ2) is 8.67. The van der Waals surface area contributed by atoms with Gasteiger partial charge in [0.2, 0.25) is 5.91 Å². The summed E-state index contributed by atoms with van der Waals surface area (Å²) in [5.41, 5.74) is 2.23. The Morgan fingerprint density at radius 3 is 2.70 bits per heavy atom. The van der Waals surface area contributed by atoms with Crippen LogP contribution >= 0.6 is 0 Å². The summed E-state index contributed by atoms with van der Waals surface area (Å²) in [6.45, 7) is 2.63. The Bertz CT molecular complexity index is 740. The molecule has 3 heterocycles. The summed E-state index contributed by atoms with van der Waals surface area (Å²) in [7, 11) is 0. The van der Waals surface area contributed by atoms with E-state index in [1.54, 1.807) is 12.4 Å². The molecule has 2 aliphatic rings. The van der Waals surface area contributed by atoms with E-state index in [4.69, 9.17) is 9.47 Å². The molecule has 0 saturated heterocycles. The van der Waals surface area contributed by atoms with Crippen molar-refractivity contribution in [1.29, 1.82) is 0 Å². The zero-order valence-electron chi connectivity index (χ0n) is 15.6. The topological polar surface area (TPSA) is 56.6 Å². The maximum Gasteiger partial charge on any atom is 0.249 e. The SMILES string of the molecule is O=C(COC1CCCC1)N1Cc2cccn2C[C@@H](OCc2ccncc2)C1. The number of pyridine rings is 1. The molecule has 0 bridgehead atoms. The zero-order valence-corrected chi connectivity index (χ0v) is 15.6. The Balaban J connectivity index is 1.39. The molecular weight excluding hydrogens is 342 g/mol. The van der Waals surface area contributed by atoms with Crippen molar-refractivity contribution in [3.63, 3.8) is 0 Å². The third-order valence-corrected chi connectivity index (χ3v) is 5.43. The van der Waals surface area contributed by atoms with Crippen LogP contribution in [0.15, 0.2) is 42.9 Å². The van der Waals surface area contributed by atoms with Crippen LogP contribution in [0.5, 0.6) is 0 Å². The van der Waals surface area contributed by atoms with Gasteiger partial charge in [0.1, 0.15) is 6.61 Å². The van der Waals surface area contributed by atoms with Crippen LogP contribution in [-0.4, -0.2) is 45.7 Å². The summed E-state index contributed by atoms with van der Waals surface area (Å²) < 4.78 is 14.2. The molecule has 27 heavy (non-hydrogen) atoms. The minimum absolute atomic E-state index is 0.0501. The van der Waals surface area contributed by atoms with E-state index in [1.807, 2.05) is 23.1 Å². The number of carbonyl (C=O) groups excluding carboxylic acids is 1. The molecule has 0 aromatic carbocycles. The Hall–Kier alpha value is -2.18. The summed E-state index contributed by atoms with van der Waals surface area (Å²) >= 11 is 0. The number of hydrogen-bond donors (Lipinski definition) is 0. The largest absolute Gasteiger partial charge is 0.370 e. The van der Waals surface area contributed by atoms with Crippen LogP contribution in [-0.2, 0) is 34.0 Å². The van der Waals surface area contributed by atoms with E-state index >= 15 is 0 Å². The van der Waals surface area contributed by atoms with Gasteiger partial charge in [-0.25, -0.2) is 0 Å². The highest BCUT2D eigenvalue weighted by atomic mass is 16.5. The Morgan fingerprint density at radius 2 is 1.89 bits per heavy atom. The maximum absolute atomic E-state index is 12.8. The molecule has 1 amide bonds. The van der Waals surface area contributed by atoms with Gasteiger partial charge < -0.3 is 18.9 Å². The van der Waals surface area contributed by atoms with Crippen LogP contribution in [0.3, 0.4) is 0 Å². The predicted octanol–water partition coefficient (Wildman–Crippen LogP) is 2.77. The molecule has 1 atom stereocenters. The van der Waals surface area contributed by atoms with E-state index in [1.165, 1.54) is 12.8 Å². The molecule has 0 radical (unpaired) electrons. The molecule has 6 nitrogen and oxygen atoms in total. The molecular formula is C21H27N3O3. The Morgan fingerprint density at radius 1 is 1.07 bits per heavy atom. The second-order valence-corrected chi connectivity index (χ2v) is 7.43. The zero-order chi connectivity index (χ0) is 18.5. The number of hydrogen-bond acceptors (Lipinski definition) is 4. The predicted molar refractivity (Wildman–Crippen MR) is 101 cm³/mol. The lowest BCUT2D eigenvalue weighted by molar-refractivity contribution is -0.140. The fourth-order valence-electron chi connectivity index (χ4n) is 3.88. The van der Waals surface area contributed by atoms with Crippen molar-refractivity contribution in [2.75, 3.05) is 13.2 Å². The number of carbonyl (C=O) groups is 1. The van der Waals surface area contributed by atoms with Crippen molar-refractivity contribution in [2.24, 2.45) is 0 Å². The Labute approximate surface area is 160 Å². The van der Waals surface area contributed by atoms with Gasteiger partial charge in [-0.05, 0) is 42.7 Å². The number of ether oxygens (including phenoxy) is 2. The van der Waals surface area contributed by atoms with Crippen molar-refractivity contribution in [2.45, 2.75) is 57.6 Å². The van der Waals surface area contributed by atoms with Crippen LogP contribution in [0.4, 0.5) is 0 Å². The van der Waals surface area contributed by atoms with Gasteiger partial charge in [0.05, 0.1) is 31.9 Å². The fourth-order valence-corrected chi connectivity index (χ4v) is 3.88. The quantitative estimate of drug-likeness (QED) is 0.786. The van der Waals surface area contributed by atoms with Crippen LogP contribution < -0.4 is 0 Å². The minimum Gasteiger partial charge on any atom is -0.370 e. The molecule has 1 fully saturated rings. The average Bonchev–Trinajstić information content (AvgIpc) is 3.34. The third kappa shape index (κ3) is 4.76. The van der Waals surface area contributed by atoms with Crippen LogP contribution in [0.2, 0.25) is 0 Å².